The molecule has 4 rings (SSSR count). The van der Waals surface area contributed by atoms with Crippen molar-refractivity contribution < 1.29 is 13.2 Å². The van der Waals surface area contributed by atoms with Crippen molar-refractivity contribution in [1.82, 2.24) is 15.0 Å². The highest BCUT2D eigenvalue weighted by atomic mass is 32.1. The van der Waals surface area contributed by atoms with Crippen LogP contribution >= 0.6 is 11.3 Å². The van der Waals surface area contributed by atoms with Crippen LogP contribution in [-0.2, 0) is 6.18 Å². The number of thiazole rings is 1. The second-order valence-electron chi connectivity index (χ2n) is 5.70. The van der Waals surface area contributed by atoms with Crippen molar-refractivity contribution in [1.29, 1.82) is 0 Å². The van der Waals surface area contributed by atoms with Crippen LogP contribution in [0.15, 0.2) is 54.9 Å². The van der Waals surface area contributed by atoms with Crippen molar-refractivity contribution in [3.8, 4) is 11.3 Å². The van der Waals surface area contributed by atoms with Crippen molar-refractivity contribution in [2.75, 3.05) is 11.1 Å². The zero-order valence-electron chi connectivity index (χ0n) is 13.7. The van der Waals surface area contributed by atoms with Gasteiger partial charge in [-0.25, -0.2) is 15.0 Å². The van der Waals surface area contributed by atoms with E-state index in [-0.39, 0.29) is 0 Å². The van der Waals surface area contributed by atoms with E-state index in [1.165, 1.54) is 29.8 Å². The van der Waals surface area contributed by atoms with Gasteiger partial charge in [0.05, 0.1) is 21.6 Å². The van der Waals surface area contributed by atoms with Gasteiger partial charge in [-0.05, 0) is 24.3 Å². The zero-order chi connectivity index (χ0) is 19.0. The number of nitrogens with zero attached hydrogens (tertiary/aromatic N) is 3. The van der Waals surface area contributed by atoms with Crippen LogP contribution < -0.4 is 11.1 Å². The largest absolute Gasteiger partial charge is 0.416 e. The Morgan fingerprint density at radius 2 is 1.78 bits per heavy atom. The summed E-state index contributed by atoms with van der Waals surface area (Å²) in [5, 5.41) is 3.70. The molecule has 0 fully saturated rings. The molecule has 0 saturated carbocycles. The van der Waals surface area contributed by atoms with E-state index in [9.17, 15) is 13.2 Å². The minimum absolute atomic E-state index is 0.484. The number of anilines is 3. The summed E-state index contributed by atoms with van der Waals surface area (Å²) in [4.78, 5) is 12.7. The van der Waals surface area contributed by atoms with Gasteiger partial charge in [0.25, 0.3) is 0 Å². The van der Waals surface area contributed by atoms with Crippen LogP contribution in [0.25, 0.3) is 21.5 Å². The predicted molar refractivity (Wildman–Crippen MR) is 99.8 cm³/mol. The van der Waals surface area contributed by atoms with E-state index >= 15 is 0 Å². The Hall–Kier alpha value is -3.20. The number of para-hydroxylation sites is 1. The van der Waals surface area contributed by atoms with Gasteiger partial charge in [0.2, 0.25) is 0 Å². The minimum atomic E-state index is -4.37. The SMILES string of the molecule is Nc1cccc2sc(Nc3cc(-c4ccc(C(F)(F)F)cc4)ncn3)nc12. The standard InChI is InChI=1S/C18H12F3N5S/c19-18(20,21)11-6-4-10(5-7-11)13-8-15(24-9-23-13)25-17-26-16-12(22)2-1-3-14(16)27-17/h1-9H,22H2,(H,23,24,25,26). The third-order valence-corrected chi connectivity index (χ3v) is 4.80. The molecule has 0 bridgehead atoms. The molecule has 0 amide bonds. The van der Waals surface area contributed by atoms with Crippen LogP contribution in [0.5, 0.6) is 0 Å². The molecule has 27 heavy (non-hydrogen) atoms. The number of hydrogen-bond donors (Lipinski definition) is 2. The molecule has 0 spiro atoms. The van der Waals surface area contributed by atoms with Gasteiger partial charge in [-0.1, -0.05) is 29.5 Å². The third-order valence-electron chi connectivity index (χ3n) is 3.86. The quantitative estimate of drug-likeness (QED) is 0.479. The molecule has 3 N–H and O–H groups in total. The number of aromatic nitrogens is 3. The first-order valence-corrected chi connectivity index (χ1v) is 8.63. The monoisotopic (exact) mass is 387 g/mol. The fraction of sp³-hybridized carbons (Fsp3) is 0.0556. The lowest BCUT2D eigenvalue weighted by Crippen LogP contribution is -2.04. The van der Waals surface area contributed by atoms with Crippen LogP contribution in [-0.4, -0.2) is 15.0 Å². The van der Waals surface area contributed by atoms with E-state index in [0.717, 1.165) is 16.8 Å². The number of nitrogens with two attached hydrogens (primary N) is 1. The first-order valence-electron chi connectivity index (χ1n) is 7.82. The van der Waals surface area contributed by atoms with Crippen molar-refractivity contribution in [3.05, 3.63) is 60.4 Å². The first-order chi connectivity index (χ1) is 12.9. The first kappa shape index (κ1) is 17.2. The maximum absolute atomic E-state index is 12.7. The summed E-state index contributed by atoms with van der Waals surface area (Å²) in [7, 11) is 0. The summed E-state index contributed by atoms with van der Waals surface area (Å²) in [5.41, 5.74) is 7.57. The Kier molecular flexibility index (Phi) is 4.15. The Bertz CT molecular complexity index is 1110. The summed E-state index contributed by atoms with van der Waals surface area (Å²) in [6.45, 7) is 0. The molecule has 0 saturated heterocycles. The molecular formula is C18H12F3N5S. The van der Waals surface area contributed by atoms with E-state index < -0.39 is 11.7 Å². The Morgan fingerprint density at radius 1 is 1.00 bits per heavy atom. The van der Waals surface area contributed by atoms with Crippen LogP contribution in [0.3, 0.4) is 0 Å². The summed E-state index contributed by atoms with van der Waals surface area (Å²) in [6.07, 6.45) is -3.03. The molecule has 9 heteroatoms. The van der Waals surface area contributed by atoms with E-state index in [0.29, 0.717) is 33.4 Å². The van der Waals surface area contributed by atoms with Gasteiger partial charge in [-0.15, -0.1) is 0 Å². The summed E-state index contributed by atoms with van der Waals surface area (Å²) >= 11 is 1.42. The fourth-order valence-electron chi connectivity index (χ4n) is 2.55. The molecule has 2 aromatic carbocycles. The molecule has 2 aromatic heterocycles. The molecule has 136 valence electrons. The van der Waals surface area contributed by atoms with Gasteiger partial charge >= 0.3 is 6.18 Å². The van der Waals surface area contributed by atoms with Gasteiger partial charge in [0, 0.05) is 11.6 Å². The Balaban J connectivity index is 1.61. The number of hydrogen-bond acceptors (Lipinski definition) is 6. The average molecular weight is 387 g/mol. The highest BCUT2D eigenvalue weighted by Gasteiger charge is 2.30. The number of alkyl halides is 3. The molecule has 5 nitrogen and oxygen atoms in total. The molecule has 0 aliphatic rings. The molecule has 2 heterocycles. The zero-order valence-corrected chi connectivity index (χ0v) is 14.5. The van der Waals surface area contributed by atoms with Crippen LogP contribution in [0.2, 0.25) is 0 Å². The van der Waals surface area contributed by atoms with Crippen LogP contribution in [0.4, 0.5) is 29.8 Å². The van der Waals surface area contributed by atoms with Crippen molar-refractivity contribution in [2.24, 2.45) is 0 Å². The van der Waals surface area contributed by atoms with Gasteiger partial charge < -0.3 is 11.1 Å². The van der Waals surface area contributed by atoms with Gasteiger partial charge in [-0.2, -0.15) is 13.2 Å². The molecular weight excluding hydrogens is 375 g/mol. The molecule has 0 aliphatic carbocycles. The third kappa shape index (κ3) is 3.54. The normalized spacial score (nSPS) is 11.7. The van der Waals surface area contributed by atoms with Crippen molar-refractivity contribution >= 4 is 38.2 Å². The summed E-state index contributed by atoms with van der Waals surface area (Å²) in [6, 6.07) is 12.0. The smallest absolute Gasteiger partial charge is 0.397 e. The maximum atomic E-state index is 12.7. The predicted octanol–water partition coefficient (Wildman–Crippen LogP) is 5.10. The Morgan fingerprint density at radius 3 is 2.48 bits per heavy atom. The van der Waals surface area contributed by atoms with E-state index in [1.807, 2.05) is 12.1 Å². The fourth-order valence-corrected chi connectivity index (χ4v) is 3.45. The summed E-state index contributed by atoms with van der Waals surface area (Å²) in [5.74, 6) is 0.484. The number of rotatable bonds is 3. The van der Waals surface area contributed by atoms with E-state index in [1.54, 1.807) is 12.1 Å². The second kappa shape index (κ2) is 6.51. The van der Waals surface area contributed by atoms with Crippen LogP contribution in [0.1, 0.15) is 5.56 Å². The number of nitrogens with one attached hydrogen (secondary N) is 1. The highest BCUT2D eigenvalue weighted by Crippen LogP contribution is 2.32. The van der Waals surface area contributed by atoms with Gasteiger partial charge in [0.1, 0.15) is 17.7 Å². The van der Waals surface area contributed by atoms with Crippen LogP contribution in [0, 0.1) is 0 Å². The van der Waals surface area contributed by atoms with Crippen molar-refractivity contribution in [2.45, 2.75) is 6.18 Å². The lowest BCUT2D eigenvalue weighted by molar-refractivity contribution is -0.137. The number of nitrogen functional groups attached to an aromatic ring is 1. The molecule has 0 radical (unpaired) electrons. The summed E-state index contributed by atoms with van der Waals surface area (Å²) < 4.78 is 39.0. The molecule has 0 aliphatic heterocycles. The topological polar surface area (TPSA) is 76.7 Å². The second-order valence-corrected chi connectivity index (χ2v) is 6.73. The molecule has 0 unspecified atom stereocenters. The average Bonchev–Trinajstić information content (AvgIpc) is 3.05. The van der Waals surface area contributed by atoms with Gasteiger partial charge in [-0.3, -0.25) is 0 Å². The lowest BCUT2D eigenvalue weighted by Gasteiger charge is -2.08. The maximum Gasteiger partial charge on any atom is 0.416 e. The number of halogens is 3. The number of fused-ring (bicyclic) bond motifs is 1. The molecule has 0 atom stereocenters. The van der Waals surface area contributed by atoms with E-state index in [4.69, 9.17) is 5.73 Å². The molecule has 4 aromatic rings. The van der Waals surface area contributed by atoms with Gasteiger partial charge in [0.15, 0.2) is 5.13 Å². The number of benzene rings is 2. The minimum Gasteiger partial charge on any atom is -0.397 e. The Labute approximate surface area is 155 Å². The van der Waals surface area contributed by atoms with Crippen molar-refractivity contribution in [3.63, 3.8) is 0 Å². The highest BCUT2D eigenvalue weighted by molar-refractivity contribution is 7.22. The van der Waals surface area contributed by atoms with E-state index in [2.05, 4.69) is 20.3 Å². The lowest BCUT2D eigenvalue weighted by atomic mass is 10.1.